The van der Waals surface area contributed by atoms with Gasteiger partial charge >= 0.3 is 0 Å². The largest absolute Gasteiger partial charge is 0.507 e. The number of aromatic hydroxyl groups is 1. The number of carbonyl (C=O) groups excluding carboxylic acids is 1. The molecule has 4 aromatic rings. The molecule has 1 heterocycles. The molecule has 1 aromatic heterocycles. The minimum absolute atomic E-state index is 0.0665. The Labute approximate surface area is 215 Å². The second-order valence-corrected chi connectivity index (χ2v) is 9.35. The molecule has 0 atom stereocenters. The van der Waals surface area contributed by atoms with Crippen molar-refractivity contribution in [2.75, 3.05) is 12.9 Å². The van der Waals surface area contributed by atoms with Crippen LogP contribution >= 0.6 is 27.7 Å². The molecule has 4 rings (SSSR count). The molecule has 1 amide bonds. The summed E-state index contributed by atoms with van der Waals surface area (Å²) in [6, 6.07) is 20.5. The fraction of sp³-hybridized carbons (Fsp3) is 0.120. The van der Waals surface area contributed by atoms with Gasteiger partial charge in [-0.15, -0.1) is 10.2 Å². The fourth-order valence-electron chi connectivity index (χ4n) is 3.18. The summed E-state index contributed by atoms with van der Waals surface area (Å²) in [7, 11) is 1.62. The predicted molar refractivity (Wildman–Crippen MR) is 140 cm³/mol. The van der Waals surface area contributed by atoms with Gasteiger partial charge in [-0.3, -0.25) is 9.36 Å². The number of methoxy groups -OCH3 is 1. The summed E-state index contributed by atoms with van der Waals surface area (Å²) in [6.07, 6.45) is 1.39. The predicted octanol–water partition coefficient (Wildman–Crippen LogP) is 4.96. The van der Waals surface area contributed by atoms with Crippen LogP contribution in [0.25, 0.3) is 17.1 Å². The normalized spacial score (nSPS) is 11.1. The number of rotatable bonds is 8. The number of hydrogen-bond donors (Lipinski definition) is 2. The van der Waals surface area contributed by atoms with E-state index in [4.69, 9.17) is 4.74 Å². The van der Waals surface area contributed by atoms with Crippen molar-refractivity contribution in [2.24, 2.45) is 5.10 Å². The maximum absolute atomic E-state index is 12.4. The van der Waals surface area contributed by atoms with Gasteiger partial charge < -0.3 is 9.84 Å². The first-order valence-corrected chi connectivity index (χ1v) is 12.3. The monoisotopic (exact) mass is 551 g/mol. The average Bonchev–Trinajstić information content (AvgIpc) is 3.29. The van der Waals surface area contributed by atoms with Crippen LogP contribution in [0.2, 0.25) is 0 Å². The Kier molecular flexibility index (Phi) is 7.84. The molecule has 0 unspecified atom stereocenters. The molecule has 35 heavy (non-hydrogen) atoms. The lowest BCUT2D eigenvalue weighted by Crippen LogP contribution is -2.20. The first kappa shape index (κ1) is 24.5. The summed E-state index contributed by atoms with van der Waals surface area (Å²) < 4.78 is 7.98. The lowest BCUT2D eigenvalue weighted by atomic mass is 10.1. The van der Waals surface area contributed by atoms with E-state index in [1.165, 1.54) is 18.0 Å². The van der Waals surface area contributed by atoms with Crippen LogP contribution in [0.15, 0.2) is 81.5 Å². The maximum atomic E-state index is 12.4. The van der Waals surface area contributed by atoms with E-state index in [1.54, 1.807) is 25.3 Å². The van der Waals surface area contributed by atoms with E-state index >= 15 is 0 Å². The van der Waals surface area contributed by atoms with Crippen LogP contribution in [0.3, 0.4) is 0 Å². The van der Waals surface area contributed by atoms with Gasteiger partial charge in [-0.05, 0) is 49.4 Å². The number of phenolic OH excluding ortho intramolecular Hbond substituents is 1. The molecule has 8 nitrogen and oxygen atoms in total. The van der Waals surface area contributed by atoms with Crippen molar-refractivity contribution in [2.45, 2.75) is 12.1 Å². The molecule has 0 saturated heterocycles. The lowest BCUT2D eigenvalue weighted by molar-refractivity contribution is -0.118. The number of hydrazone groups is 1. The molecule has 0 aliphatic rings. The van der Waals surface area contributed by atoms with Gasteiger partial charge in [0.15, 0.2) is 11.0 Å². The number of aromatic nitrogens is 3. The molecule has 0 aliphatic heterocycles. The molecule has 3 aromatic carbocycles. The van der Waals surface area contributed by atoms with Gasteiger partial charge in [-0.1, -0.05) is 57.5 Å². The highest BCUT2D eigenvalue weighted by Gasteiger charge is 2.17. The van der Waals surface area contributed by atoms with Gasteiger partial charge in [0, 0.05) is 21.3 Å². The van der Waals surface area contributed by atoms with Gasteiger partial charge in [-0.2, -0.15) is 5.10 Å². The van der Waals surface area contributed by atoms with Crippen molar-refractivity contribution in [1.29, 1.82) is 0 Å². The van der Waals surface area contributed by atoms with Crippen molar-refractivity contribution in [1.82, 2.24) is 20.2 Å². The molecule has 0 fully saturated rings. The number of amides is 1. The van der Waals surface area contributed by atoms with E-state index in [0.29, 0.717) is 16.5 Å². The number of aryl methyl sites for hydroxylation is 1. The highest BCUT2D eigenvalue weighted by Crippen LogP contribution is 2.29. The quantitative estimate of drug-likeness (QED) is 0.182. The molecule has 0 spiro atoms. The van der Waals surface area contributed by atoms with Crippen molar-refractivity contribution in [3.63, 3.8) is 0 Å². The Bertz CT molecular complexity index is 1350. The second-order valence-electron chi connectivity index (χ2n) is 7.49. The number of carbonyl (C=O) groups is 1. The van der Waals surface area contributed by atoms with E-state index in [0.717, 1.165) is 27.0 Å². The SMILES string of the molecule is COc1ccc(-n2c(SCC(=O)NN=Cc3cc(Br)ccc3O)nnc2-c2ccc(C)cc2)cc1. The van der Waals surface area contributed by atoms with E-state index in [2.05, 4.69) is 36.7 Å². The molecule has 178 valence electrons. The second kappa shape index (κ2) is 11.2. The number of nitrogens with one attached hydrogen (secondary N) is 1. The molecular weight excluding hydrogens is 530 g/mol. The molecule has 0 radical (unpaired) electrons. The Hall–Kier alpha value is -3.63. The highest BCUT2D eigenvalue weighted by atomic mass is 79.9. The van der Waals surface area contributed by atoms with E-state index in [1.807, 2.05) is 60.0 Å². The summed E-state index contributed by atoms with van der Waals surface area (Å²) in [6.45, 7) is 2.03. The van der Waals surface area contributed by atoms with Gasteiger partial charge in [0.2, 0.25) is 0 Å². The van der Waals surface area contributed by atoms with Crippen LogP contribution in [-0.4, -0.2) is 44.9 Å². The number of hydrogen-bond acceptors (Lipinski definition) is 7. The molecule has 10 heteroatoms. The summed E-state index contributed by atoms with van der Waals surface area (Å²) in [5.41, 5.74) is 5.86. The van der Waals surface area contributed by atoms with Crippen LogP contribution in [0.5, 0.6) is 11.5 Å². The van der Waals surface area contributed by atoms with Crippen molar-refractivity contribution in [3.05, 3.63) is 82.3 Å². The average molecular weight is 552 g/mol. The Morgan fingerprint density at radius 3 is 2.60 bits per heavy atom. The third-order valence-electron chi connectivity index (χ3n) is 4.99. The highest BCUT2D eigenvalue weighted by molar-refractivity contribution is 9.10. The molecule has 0 bridgehead atoms. The van der Waals surface area contributed by atoms with Gasteiger partial charge in [-0.25, -0.2) is 5.43 Å². The van der Waals surface area contributed by atoms with Gasteiger partial charge in [0.25, 0.3) is 5.91 Å². The topological polar surface area (TPSA) is 102 Å². The minimum atomic E-state index is -0.318. The van der Waals surface area contributed by atoms with Crippen LogP contribution in [0.1, 0.15) is 11.1 Å². The third-order valence-corrected chi connectivity index (χ3v) is 6.41. The number of thioether (sulfide) groups is 1. The van der Waals surface area contributed by atoms with Crippen molar-refractivity contribution >= 4 is 39.8 Å². The first-order chi connectivity index (χ1) is 16.9. The summed E-state index contributed by atoms with van der Waals surface area (Å²) >= 11 is 4.58. The van der Waals surface area contributed by atoms with Crippen molar-refractivity contribution < 1.29 is 14.6 Å². The van der Waals surface area contributed by atoms with Crippen LogP contribution in [-0.2, 0) is 4.79 Å². The number of nitrogens with zero attached hydrogens (tertiary/aromatic N) is 4. The maximum Gasteiger partial charge on any atom is 0.250 e. The number of phenols is 1. The lowest BCUT2D eigenvalue weighted by Gasteiger charge is -2.11. The number of ether oxygens (including phenoxy) is 1. The Morgan fingerprint density at radius 2 is 1.89 bits per heavy atom. The van der Waals surface area contributed by atoms with E-state index in [-0.39, 0.29) is 17.4 Å². The van der Waals surface area contributed by atoms with Crippen LogP contribution in [0, 0.1) is 6.92 Å². The molecule has 0 saturated carbocycles. The van der Waals surface area contributed by atoms with Gasteiger partial charge in [0.05, 0.1) is 19.1 Å². The fourth-order valence-corrected chi connectivity index (χ4v) is 4.31. The zero-order valence-corrected chi connectivity index (χ0v) is 21.4. The van der Waals surface area contributed by atoms with Crippen molar-refractivity contribution in [3.8, 4) is 28.6 Å². The van der Waals surface area contributed by atoms with Crippen LogP contribution < -0.4 is 10.2 Å². The first-order valence-electron chi connectivity index (χ1n) is 10.5. The van der Waals surface area contributed by atoms with Gasteiger partial charge in [0.1, 0.15) is 11.5 Å². The third kappa shape index (κ3) is 6.09. The summed E-state index contributed by atoms with van der Waals surface area (Å²) in [4.78, 5) is 12.4. The molecule has 0 aliphatic carbocycles. The Morgan fingerprint density at radius 1 is 1.14 bits per heavy atom. The smallest absolute Gasteiger partial charge is 0.250 e. The number of halogens is 1. The minimum Gasteiger partial charge on any atom is -0.507 e. The molecular formula is C25H22BrN5O3S. The summed E-state index contributed by atoms with van der Waals surface area (Å²) in [5, 5.41) is 23.1. The zero-order chi connectivity index (χ0) is 24.8. The van der Waals surface area contributed by atoms with Crippen LogP contribution in [0.4, 0.5) is 0 Å². The van der Waals surface area contributed by atoms with E-state index < -0.39 is 0 Å². The summed E-state index contributed by atoms with van der Waals surface area (Å²) in [5.74, 6) is 1.23. The number of benzene rings is 3. The molecule has 2 N–H and O–H groups in total. The Balaban J connectivity index is 1.52. The zero-order valence-electron chi connectivity index (χ0n) is 19.0. The van der Waals surface area contributed by atoms with E-state index in [9.17, 15) is 9.90 Å². The standard InChI is InChI=1S/C25H22BrN5O3S/c1-16-3-5-17(6-4-16)24-29-30-25(31(24)20-8-10-21(34-2)11-9-20)35-15-23(33)28-27-14-18-13-19(26)7-12-22(18)32/h3-14,32H,15H2,1-2H3,(H,28,33).